The molecule has 1 unspecified atom stereocenters. The van der Waals surface area contributed by atoms with Gasteiger partial charge in [-0.25, -0.2) is 4.98 Å². The molecule has 1 fully saturated rings. The molecule has 2 aromatic heterocycles. The molecule has 6 heteroatoms. The summed E-state index contributed by atoms with van der Waals surface area (Å²) in [5.41, 5.74) is 1.93. The fourth-order valence-corrected chi connectivity index (χ4v) is 2.72. The highest BCUT2D eigenvalue weighted by Gasteiger charge is 2.15. The van der Waals surface area contributed by atoms with Crippen LogP contribution in [0.25, 0.3) is 5.65 Å². The van der Waals surface area contributed by atoms with E-state index in [1.165, 1.54) is 12.8 Å². The van der Waals surface area contributed by atoms with Crippen molar-refractivity contribution < 1.29 is 5.11 Å². The molecule has 20 heavy (non-hydrogen) atoms. The number of aliphatic hydroxyl groups excluding tert-OH is 1. The molecule has 2 N–H and O–H groups in total. The Balaban J connectivity index is 1.47. The minimum absolute atomic E-state index is 0.311. The van der Waals surface area contributed by atoms with Gasteiger partial charge in [-0.3, -0.25) is 9.38 Å². The van der Waals surface area contributed by atoms with E-state index in [2.05, 4.69) is 20.2 Å². The minimum Gasteiger partial charge on any atom is -0.390 e. The Morgan fingerprint density at radius 1 is 1.30 bits per heavy atom. The van der Waals surface area contributed by atoms with Crippen molar-refractivity contribution in [1.29, 1.82) is 0 Å². The van der Waals surface area contributed by atoms with Gasteiger partial charge in [0.1, 0.15) is 0 Å². The van der Waals surface area contributed by atoms with Crippen molar-refractivity contribution in [1.82, 2.24) is 24.6 Å². The van der Waals surface area contributed by atoms with Crippen LogP contribution in [0.15, 0.2) is 24.8 Å². The van der Waals surface area contributed by atoms with Crippen LogP contribution in [0.3, 0.4) is 0 Å². The van der Waals surface area contributed by atoms with E-state index < -0.39 is 0 Å². The largest absolute Gasteiger partial charge is 0.390 e. The lowest BCUT2D eigenvalue weighted by Gasteiger charge is -2.19. The van der Waals surface area contributed by atoms with Gasteiger partial charge in [-0.2, -0.15) is 0 Å². The average molecular weight is 275 g/mol. The molecule has 1 saturated heterocycles. The molecule has 1 aliphatic rings. The second-order valence-corrected chi connectivity index (χ2v) is 5.35. The van der Waals surface area contributed by atoms with E-state index in [0.29, 0.717) is 13.1 Å². The van der Waals surface area contributed by atoms with Crippen molar-refractivity contribution in [2.45, 2.75) is 25.5 Å². The van der Waals surface area contributed by atoms with E-state index in [-0.39, 0.29) is 6.10 Å². The maximum atomic E-state index is 10.0. The summed E-state index contributed by atoms with van der Waals surface area (Å²) in [4.78, 5) is 10.7. The fraction of sp³-hybridized carbons (Fsp3) is 0.571. The first-order valence-corrected chi connectivity index (χ1v) is 7.20. The number of aromatic nitrogens is 3. The number of likely N-dealkylation sites (tertiary alicyclic amines) is 1. The zero-order valence-corrected chi connectivity index (χ0v) is 11.6. The predicted octanol–water partition coefficient (Wildman–Crippen LogP) is 0.276. The molecule has 0 amide bonds. The van der Waals surface area contributed by atoms with Gasteiger partial charge in [-0.15, -0.1) is 0 Å². The Bertz CT molecular complexity index is 549. The quantitative estimate of drug-likeness (QED) is 0.792. The van der Waals surface area contributed by atoms with Gasteiger partial charge >= 0.3 is 0 Å². The lowest BCUT2D eigenvalue weighted by molar-refractivity contribution is 0.123. The maximum Gasteiger partial charge on any atom is 0.155 e. The molecule has 1 aliphatic heterocycles. The van der Waals surface area contributed by atoms with Gasteiger partial charge in [0, 0.05) is 32.0 Å². The number of hydrogen-bond donors (Lipinski definition) is 2. The number of aliphatic hydroxyl groups is 1. The number of nitrogens with one attached hydrogen (secondary N) is 1. The molecule has 0 radical (unpaired) electrons. The van der Waals surface area contributed by atoms with E-state index in [0.717, 1.165) is 31.0 Å². The van der Waals surface area contributed by atoms with Crippen molar-refractivity contribution in [2.75, 3.05) is 26.2 Å². The average Bonchev–Trinajstić information content (AvgIpc) is 3.09. The van der Waals surface area contributed by atoms with Crippen LogP contribution in [0.4, 0.5) is 0 Å². The third kappa shape index (κ3) is 3.15. The van der Waals surface area contributed by atoms with Crippen LogP contribution in [0.5, 0.6) is 0 Å². The normalized spacial score (nSPS) is 17.9. The topological polar surface area (TPSA) is 65.7 Å². The second kappa shape index (κ2) is 6.30. The molecule has 0 saturated carbocycles. The molecule has 108 valence electrons. The summed E-state index contributed by atoms with van der Waals surface area (Å²) < 4.78 is 2.01. The summed E-state index contributed by atoms with van der Waals surface area (Å²) in [6.45, 7) is 4.32. The number of imidazole rings is 1. The first-order chi connectivity index (χ1) is 9.83. The summed E-state index contributed by atoms with van der Waals surface area (Å²) in [6, 6.07) is 0. The third-order valence-corrected chi connectivity index (χ3v) is 3.75. The zero-order chi connectivity index (χ0) is 13.8. The van der Waals surface area contributed by atoms with Gasteiger partial charge in [0.25, 0.3) is 0 Å². The molecule has 1 atom stereocenters. The summed E-state index contributed by atoms with van der Waals surface area (Å²) in [6.07, 6.45) is 9.45. The summed E-state index contributed by atoms with van der Waals surface area (Å²) in [7, 11) is 0. The lowest BCUT2D eigenvalue weighted by Crippen LogP contribution is -2.36. The number of rotatable bonds is 6. The van der Waals surface area contributed by atoms with Crippen molar-refractivity contribution in [3.05, 3.63) is 30.5 Å². The molecular formula is C14H21N5O. The van der Waals surface area contributed by atoms with Crippen molar-refractivity contribution in [2.24, 2.45) is 0 Å². The zero-order valence-electron chi connectivity index (χ0n) is 11.6. The van der Waals surface area contributed by atoms with Gasteiger partial charge in [-0.05, 0) is 25.9 Å². The molecule has 3 rings (SSSR count). The summed E-state index contributed by atoms with van der Waals surface area (Å²) in [5, 5.41) is 13.3. The molecule has 0 aromatic carbocycles. The standard InChI is InChI=1S/C14H21N5O/c20-13(11-18-4-1-2-5-18)9-16-7-12-8-17-14-10-15-3-6-19(12)14/h3,6,8,10,13,16,20H,1-2,4-5,7,9,11H2. The van der Waals surface area contributed by atoms with Crippen molar-refractivity contribution in [3.63, 3.8) is 0 Å². The van der Waals surface area contributed by atoms with Crippen LogP contribution in [-0.4, -0.2) is 56.7 Å². The highest BCUT2D eigenvalue weighted by Crippen LogP contribution is 2.07. The Hall–Kier alpha value is -1.50. The van der Waals surface area contributed by atoms with Gasteiger partial charge in [-0.1, -0.05) is 0 Å². The van der Waals surface area contributed by atoms with E-state index in [1.807, 2.05) is 16.8 Å². The van der Waals surface area contributed by atoms with Gasteiger partial charge in [0.2, 0.25) is 0 Å². The summed E-state index contributed by atoms with van der Waals surface area (Å²) in [5.74, 6) is 0. The Morgan fingerprint density at radius 3 is 3.00 bits per heavy atom. The first-order valence-electron chi connectivity index (χ1n) is 7.20. The molecule has 0 spiro atoms. The monoisotopic (exact) mass is 275 g/mol. The van der Waals surface area contributed by atoms with E-state index >= 15 is 0 Å². The first kappa shape index (κ1) is 13.5. The maximum absolute atomic E-state index is 10.0. The third-order valence-electron chi connectivity index (χ3n) is 3.75. The van der Waals surface area contributed by atoms with Crippen LogP contribution in [0.1, 0.15) is 18.5 Å². The van der Waals surface area contributed by atoms with Crippen LogP contribution in [-0.2, 0) is 6.54 Å². The lowest BCUT2D eigenvalue weighted by atomic mass is 10.3. The van der Waals surface area contributed by atoms with E-state index in [4.69, 9.17) is 0 Å². The van der Waals surface area contributed by atoms with Crippen LogP contribution in [0, 0.1) is 0 Å². The number of hydrogen-bond acceptors (Lipinski definition) is 5. The van der Waals surface area contributed by atoms with Crippen LogP contribution < -0.4 is 5.32 Å². The second-order valence-electron chi connectivity index (χ2n) is 5.35. The van der Waals surface area contributed by atoms with E-state index in [1.54, 1.807) is 12.4 Å². The van der Waals surface area contributed by atoms with Crippen LogP contribution in [0.2, 0.25) is 0 Å². The Labute approximate surface area is 118 Å². The van der Waals surface area contributed by atoms with E-state index in [9.17, 15) is 5.11 Å². The number of nitrogens with zero attached hydrogens (tertiary/aromatic N) is 4. The molecule has 2 aromatic rings. The van der Waals surface area contributed by atoms with Crippen molar-refractivity contribution in [3.8, 4) is 0 Å². The van der Waals surface area contributed by atoms with Gasteiger partial charge < -0.3 is 15.3 Å². The molecule has 3 heterocycles. The summed E-state index contributed by atoms with van der Waals surface area (Å²) >= 11 is 0. The smallest absolute Gasteiger partial charge is 0.155 e. The highest BCUT2D eigenvalue weighted by molar-refractivity contribution is 5.36. The Morgan fingerprint density at radius 2 is 2.15 bits per heavy atom. The van der Waals surface area contributed by atoms with Gasteiger partial charge in [0.15, 0.2) is 5.65 Å². The molecular weight excluding hydrogens is 254 g/mol. The number of β-amino-alcohol motifs (C(OH)–C–C–N with tert-alkyl or cyclic N) is 1. The minimum atomic E-state index is -0.311. The highest BCUT2D eigenvalue weighted by atomic mass is 16.3. The SMILES string of the molecule is OC(CNCc1cnc2cnccn12)CN1CCCC1. The molecule has 6 nitrogen and oxygen atoms in total. The van der Waals surface area contributed by atoms with Crippen LogP contribution >= 0.6 is 0 Å². The number of fused-ring (bicyclic) bond motifs is 1. The van der Waals surface area contributed by atoms with Crippen molar-refractivity contribution >= 4 is 5.65 Å². The van der Waals surface area contributed by atoms with Gasteiger partial charge in [0.05, 0.1) is 24.2 Å². The molecule has 0 aliphatic carbocycles. The molecule has 0 bridgehead atoms. The fourth-order valence-electron chi connectivity index (χ4n) is 2.72. The Kier molecular flexibility index (Phi) is 4.25. The predicted molar refractivity (Wildman–Crippen MR) is 76.4 cm³/mol.